The molecule has 100 valence electrons. The van der Waals surface area contributed by atoms with Gasteiger partial charge in [0.2, 0.25) is 0 Å². The van der Waals surface area contributed by atoms with E-state index in [-0.39, 0.29) is 11.2 Å². The molecule has 1 fully saturated rings. The first-order chi connectivity index (χ1) is 8.77. The van der Waals surface area contributed by atoms with Crippen molar-refractivity contribution in [1.29, 1.82) is 5.26 Å². The van der Waals surface area contributed by atoms with Crippen molar-refractivity contribution in [2.24, 2.45) is 0 Å². The third kappa shape index (κ3) is 2.51. The lowest BCUT2D eigenvalue weighted by Crippen LogP contribution is -2.41. The molecule has 0 radical (unpaired) electrons. The van der Waals surface area contributed by atoms with Crippen LogP contribution in [0, 0.1) is 18.3 Å². The second-order valence-electron chi connectivity index (χ2n) is 5.96. The van der Waals surface area contributed by atoms with Crippen molar-refractivity contribution in [2.75, 3.05) is 0 Å². The van der Waals surface area contributed by atoms with Gasteiger partial charge in [-0.1, -0.05) is 0 Å². The molecule has 0 aromatic carbocycles. The van der Waals surface area contributed by atoms with Crippen LogP contribution in [0.25, 0.3) is 0 Å². The highest BCUT2D eigenvalue weighted by atomic mass is 16.7. The zero-order valence-electron chi connectivity index (χ0n) is 12.2. The van der Waals surface area contributed by atoms with E-state index in [9.17, 15) is 0 Å². The lowest BCUT2D eigenvalue weighted by Gasteiger charge is -2.32. The van der Waals surface area contributed by atoms with Crippen LogP contribution < -0.4 is 5.59 Å². The van der Waals surface area contributed by atoms with Crippen LogP contribution in [0.5, 0.6) is 0 Å². The average Bonchev–Trinajstić information content (AvgIpc) is 2.51. The molecule has 2 rings (SSSR count). The molecule has 5 heteroatoms. The molecule has 0 bridgehead atoms. The minimum absolute atomic E-state index is 0.363. The van der Waals surface area contributed by atoms with Crippen LogP contribution in [0.1, 0.15) is 38.8 Å². The van der Waals surface area contributed by atoms with Gasteiger partial charge < -0.3 is 9.31 Å². The summed E-state index contributed by atoms with van der Waals surface area (Å²) in [5.41, 5.74) is 2.03. The van der Waals surface area contributed by atoms with E-state index in [1.807, 2.05) is 40.7 Å². The SMILES string of the molecule is Cc1cc(B2OC(C)(C)C(C)(C)O2)ncc1CC#N. The van der Waals surface area contributed by atoms with Crippen LogP contribution in [0.2, 0.25) is 0 Å². The van der Waals surface area contributed by atoms with Gasteiger partial charge in [-0.05, 0) is 51.8 Å². The molecule has 2 heterocycles. The van der Waals surface area contributed by atoms with E-state index in [4.69, 9.17) is 14.6 Å². The van der Waals surface area contributed by atoms with Crippen molar-refractivity contribution >= 4 is 12.7 Å². The highest BCUT2D eigenvalue weighted by Gasteiger charge is 2.52. The average molecular weight is 258 g/mol. The smallest absolute Gasteiger partial charge is 0.398 e. The molecule has 1 aromatic rings. The third-order valence-electron chi connectivity index (χ3n) is 4.00. The fourth-order valence-electron chi connectivity index (χ4n) is 1.97. The lowest BCUT2D eigenvalue weighted by molar-refractivity contribution is 0.00578. The summed E-state index contributed by atoms with van der Waals surface area (Å²) in [6.07, 6.45) is 2.11. The van der Waals surface area contributed by atoms with E-state index in [1.165, 1.54) is 0 Å². The summed E-state index contributed by atoms with van der Waals surface area (Å²) in [6, 6.07) is 4.08. The standard InChI is InChI=1S/C14H19BN2O2/c1-10-8-12(17-9-11(10)6-7-16)15-18-13(2,3)14(4,5)19-15/h8-9H,6H2,1-5H3. The van der Waals surface area contributed by atoms with Crippen molar-refractivity contribution < 1.29 is 9.31 Å². The number of nitrogens with zero attached hydrogens (tertiary/aromatic N) is 2. The van der Waals surface area contributed by atoms with Crippen molar-refractivity contribution in [3.8, 4) is 6.07 Å². The Hall–Kier alpha value is -1.38. The number of hydrogen-bond acceptors (Lipinski definition) is 4. The predicted octanol–water partition coefficient (Wildman–Crippen LogP) is 1.76. The maximum absolute atomic E-state index is 8.74. The van der Waals surface area contributed by atoms with Crippen molar-refractivity contribution in [3.05, 3.63) is 23.4 Å². The topological polar surface area (TPSA) is 55.1 Å². The molecule has 1 aromatic heterocycles. The largest absolute Gasteiger partial charge is 0.514 e. The first-order valence-electron chi connectivity index (χ1n) is 6.45. The second kappa shape index (κ2) is 4.62. The van der Waals surface area contributed by atoms with Crippen LogP contribution >= 0.6 is 0 Å². The van der Waals surface area contributed by atoms with Crippen LogP contribution in [0.15, 0.2) is 12.3 Å². The van der Waals surface area contributed by atoms with Gasteiger partial charge in [0, 0.05) is 6.20 Å². The number of aryl methyl sites for hydroxylation is 1. The monoisotopic (exact) mass is 258 g/mol. The predicted molar refractivity (Wildman–Crippen MR) is 74.0 cm³/mol. The molecule has 4 nitrogen and oxygen atoms in total. The molecule has 1 aliphatic rings. The first-order valence-corrected chi connectivity index (χ1v) is 6.45. The number of pyridine rings is 1. The maximum atomic E-state index is 8.74. The third-order valence-corrected chi connectivity index (χ3v) is 4.00. The number of hydrogen-bond donors (Lipinski definition) is 0. The maximum Gasteiger partial charge on any atom is 0.514 e. The number of aromatic nitrogens is 1. The van der Waals surface area contributed by atoms with Gasteiger partial charge in [0.25, 0.3) is 0 Å². The minimum atomic E-state index is -0.445. The van der Waals surface area contributed by atoms with Crippen LogP contribution in [0.3, 0.4) is 0 Å². The fourth-order valence-corrected chi connectivity index (χ4v) is 1.97. The summed E-state index contributed by atoms with van der Waals surface area (Å²) in [6.45, 7) is 10.0. The summed E-state index contributed by atoms with van der Waals surface area (Å²) in [7, 11) is -0.445. The molecular weight excluding hydrogens is 239 g/mol. The Labute approximate surface area is 114 Å². The Morgan fingerprint density at radius 2 is 1.84 bits per heavy atom. The Morgan fingerprint density at radius 3 is 2.32 bits per heavy atom. The van der Waals surface area contributed by atoms with Crippen LogP contribution in [-0.4, -0.2) is 23.3 Å². The lowest BCUT2D eigenvalue weighted by atomic mass is 9.83. The number of rotatable bonds is 2. The summed E-state index contributed by atoms with van der Waals surface area (Å²) in [5, 5.41) is 8.74. The van der Waals surface area contributed by atoms with Gasteiger partial charge in [-0.15, -0.1) is 0 Å². The van der Waals surface area contributed by atoms with Crippen LogP contribution in [0.4, 0.5) is 0 Å². The van der Waals surface area contributed by atoms with Gasteiger partial charge in [0.05, 0.1) is 29.3 Å². The number of nitriles is 1. The first kappa shape index (κ1) is 14.0. The van der Waals surface area contributed by atoms with Gasteiger partial charge in [0.15, 0.2) is 0 Å². The minimum Gasteiger partial charge on any atom is -0.398 e. The molecule has 19 heavy (non-hydrogen) atoms. The second-order valence-corrected chi connectivity index (χ2v) is 5.96. The highest BCUT2D eigenvalue weighted by Crippen LogP contribution is 2.36. The van der Waals surface area contributed by atoms with Gasteiger partial charge >= 0.3 is 7.12 Å². The van der Waals surface area contributed by atoms with Gasteiger partial charge in [-0.2, -0.15) is 5.26 Å². The van der Waals surface area contributed by atoms with E-state index >= 15 is 0 Å². The van der Waals surface area contributed by atoms with E-state index in [0.717, 1.165) is 16.7 Å². The van der Waals surface area contributed by atoms with Crippen LogP contribution in [-0.2, 0) is 15.7 Å². The Bertz CT molecular complexity index is 519. The molecule has 0 spiro atoms. The van der Waals surface area contributed by atoms with E-state index in [0.29, 0.717) is 6.42 Å². The molecule has 0 atom stereocenters. The van der Waals surface area contributed by atoms with Gasteiger partial charge in [-0.25, -0.2) is 0 Å². The molecule has 0 unspecified atom stereocenters. The summed E-state index contributed by atoms with van der Waals surface area (Å²) >= 11 is 0. The normalized spacial score (nSPS) is 20.3. The Balaban J connectivity index is 2.26. The molecule has 1 aliphatic heterocycles. The summed E-state index contributed by atoms with van der Waals surface area (Å²) < 4.78 is 11.9. The zero-order valence-corrected chi connectivity index (χ0v) is 12.2. The molecule has 0 N–H and O–H groups in total. The summed E-state index contributed by atoms with van der Waals surface area (Å²) in [4.78, 5) is 4.37. The molecule has 0 amide bonds. The molecule has 0 aliphatic carbocycles. The Kier molecular flexibility index (Phi) is 3.42. The van der Waals surface area contributed by atoms with Gasteiger partial charge in [0.1, 0.15) is 0 Å². The van der Waals surface area contributed by atoms with E-state index < -0.39 is 7.12 Å². The fraction of sp³-hybridized carbons (Fsp3) is 0.571. The van der Waals surface area contributed by atoms with E-state index in [1.54, 1.807) is 6.20 Å². The van der Waals surface area contributed by atoms with E-state index in [2.05, 4.69) is 11.1 Å². The summed E-state index contributed by atoms with van der Waals surface area (Å²) in [5.74, 6) is 0. The molecule has 0 saturated carbocycles. The molecular formula is C14H19BN2O2. The Morgan fingerprint density at radius 1 is 1.26 bits per heavy atom. The zero-order chi connectivity index (χ0) is 14.3. The van der Waals surface area contributed by atoms with Crippen molar-refractivity contribution in [1.82, 2.24) is 4.98 Å². The van der Waals surface area contributed by atoms with Crippen molar-refractivity contribution in [2.45, 2.75) is 52.2 Å². The quantitative estimate of drug-likeness (QED) is 0.758. The van der Waals surface area contributed by atoms with Crippen molar-refractivity contribution in [3.63, 3.8) is 0 Å². The molecule has 1 saturated heterocycles. The van der Waals surface area contributed by atoms with Gasteiger partial charge in [-0.3, -0.25) is 4.98 Å². The highest BCUT2D eigenvalue weighted by molar-refractivity contribution is 6.61.